The standard InChI is InChI=1S/C10H18N2O2/c1-8(13)7-11-6-5-10(14)12(11)9-3-2-4-9/h8-9,13H,2-7H2,1H3. The zero-order chi connectivity index (χ0) is 10.1. The number of amides is 1. The van der Waals surface area contributed by atoms with Crippen LogP contribution in [0, 0.1) is 0 Å². The van der Waals surface area contributed by atoms with Crippen LogP contribution in [-0.2, 0) is 4.79 Å². The smallest absolute Gasteiger partial charge is 0.238 e. The first-order chi connectivity index (χ1) is 6.68. The fraction of sp³-hybridized carbons (Fsp3) is 0.900. The largest absolute Gasteiger partial charge is 0.392 e. The molecule has 0 aromatic rings. The van der Waals surface area contributed by atoms with Gasteiger partial charge in [0.05, 0.1) is 6.10 Å². The molecule has 1 aliphatic heterocycles. The number of hydrogen-bond acceptors (Lipinski definition) is 3. The van der Waals surface area contributed by atoms with E-state index >= 15 is 0 Å². The van der Waals surface area contributed by atoms with E-state index in [1.54, 1.807) is 6.92 Å². The van der Waals surface area contributed by atoms with Gasteiger partial charge in [0.1, 0.15) is 0 Å². The van der Waals surface area contributed by atoms with Gasteiger partial charge in [-0.05, 0) is 26.2 Å². The quantitative estimate of drug-likeness (QED) is 0.712. The van der Waals surface area contributed by atoms with Crippen molar-refractivity contribution in [2.45, 2.75) is 44.8 Å². The van der Waals surface area contributed by atoms with E-state index in [0.29, 0.717) is 19.0 Å². The van der Waals surface area contributed by atoms with Gasteiger partial charge in [0.15, 0.2) is 0 Å². The zero-order valence-electron chi connectivity index (χ0n) is 8.65. The van der Waals surface area contributed by atoms with Crippen LogP contribution in [-0.4, -0.2) is 46.3 Å². The van der Waals surface area contributed by atoms with Gasteiger partial charge in [-0.2, -0.15) is 0 Å². The van der Waals surface area contributed by atoms with Crippen molar-refractivity contribution < 1.29 is 9.90 Å². The lowest BCUT2D eigenvalue weighted by Crippen LogP contribution is -2.50. The molecule has 0 bridgehead atoms. The summed E-state index contributed by atoms with van der Waals surface area (Å²) in [5.74, 6) is 0.232. The van der Waals surface area contributed by atoms with Crippen LogP contribution in [0.4, 0.5) is 0 Å². The van der Waals surface area contributed by atoms with Gasteiger partial charge >= 0.3 is 0 Å². The summed E-state index contributed by atoms with van der Waals surface area (Å²) in [4.78, 5) is 11.6. The molecule has 1 N–H and O–H groups in total. The average molecular weight is 198 g/mol. The average Bonchev–Trinajstić information content (AvgIpc) is 2.32. The summed E-state index contributed by atoms with van der Waals surface area (Å²) in [5, 5.41) is 13.2. The molecular weight excluding hydrogens is 180 g/mol. The minimum Gasteiger partial charge on any atom is -0.392 e. The van der Waals surface area contributed by atoms with Gasteiger partial charge in [0, 0.05) is 25.6 Å². The Morgan fingerprint density at radius 2 is 2.29 bits per heavy atom. The lowest BCUT2D eigenvalue weighted by molar-refractivity contribution is -0.148. The van der Waals surface area contributed by atoms with E-state index in [-0.39, 0.29) is 12.0 Å². The van der Waals surface area contributed by atoms with Gasteiger partial charge in [0.2, 0.25) is 5.91 Å². The van der Waals surface area contributed by atoms with Gasteiger partial charge < -0.3 is 5.11 Å². The zero-order valence-corrected chi connectivity index (χ0v) is 8.65. The van der Waals surface area contributed by atoms with Crippen LogP contribution in [0.2, 0.25) is 0 Å². The van der Waals surface area contributed by atoms with Crippen LogP contribution in [0.5, 0.6) is 0 Å². The van der Waals surface area contributed by atoms with Crippen molar-refractivity contribution in [2.75, 3.05) is 13.1 Å². The van der Waals surface area contributed by atoms with Gasteiger partial charge in [-0.15, -0.1) is 0 Å². The number of β-amino-alcohol motifs (C(OH)–C–C–N with tert-alkyl or cyclic N) is 1. The summed E-state index contributed by atoms with van der Waals surface area (Å²) < 4.78 is 0. The highest BCUT2D eigenvalue weighted by Crippen LogP contribution is 2.29. The Kier molecular flexibility index (Phi) is 2.74. The summed E-state index contributed by atoms with van der Waals surface area (Å²) in [6.45, 7) is 3.13. The predicted molar refractivity (Wildman–Crippen MR) is 52.4 cm³/mol. The molecule has 1 saturated heterocycles. The lowest BCUT2D eigenvalue weighted by Gasteiger charge is -2.40. The predicted octanol–water partition coefficient (Wildman–Crippen LogP) is 0.369. The molecule has 14 heavy (non-hydrogen) atoms. The van der Waals surface area contributed by atoms with E-state index < -0.39 is 0 Å². The van der Waals surface area contributed by atoms with Crippen molar-refractivity contribution in [1.29, 1.82) is 0 Å². The molecule has 80 valence electrons. The topological polar surface area (TPSA) is 43.8 Å². The molecule has 2 fully saturated rings. The maximum atomic E-state index is 11.6. The maximum Gasteiger partial charge on any atom is 0.238 e. The normalized spacial score (nSPS) is 26.7. The number of nitrogens with zero attached hydrogens (tertiary/aromatic N) is 2. The highest BCUT2D eigenvalue weighted by molar-refractivity contribution is 5.78. The van der Waals surface area contributed by atoms with Gasteiger partial charge in [0.25, 0.3) is 0 Å². The number of rotatable bonds is 3. The third kappa shape index (κ3) is 1.77. The summed E-state index contributed by atoms with van der Waals surface area (Å²) in [6.07, 6.45) is 3.74. The Balaban J connectivity index is 1.97. The van der Waals surface area contributed by atoms with E-state index in [1.807, 2.05) is 10.0 Å². The second kappa shape index (κ2) is 3.87. The van der Waals surface area contributed by atoms with E-state index in [9.17, 15) is 9.90 Å². The molecule has 1 aliphatic carbocycles. The molecule has 1 atom stereocenters. The fourth-order valence-corrected chi connectivity index (χ4v) is 2.15. The SMILES string of the molecule is CC(O)CN1CCC(=O)N1C1CCC1. The first-order valence-corrected chi connectivity index (χ1v) is 5.43. The van der Waals surface area contributed by atoms with Crippen LogP contribution >= 0.6 is 0 Å². The third-order valence-electron chi connectivity index (χ3n) is 3.04. The minimum absolute atomic E-state index is 0.232. The first kappa shape index (κ1) is 9.93. The first-order valence-electron chi connectivity index (χ1n) is 5.43. The Labute approximate surface area is 84.5 Å². The Bertz CT molecular complexity index is 226. The number of carbonyl (C=O) groups is 1. The Morgan fingerprint density at radius 1 is 1.57 bits per heavy atom. The van der Waals surface area contributed by atoms with Crippen molar-refractivity contribution in [3.63, 3.8) is 0 Å². The number of carbonyl (C=O) groups excluding carboxylic acids is 1. The number of hydrogen-bond donors (Lipinski definition) is 1. The third-order valence-corrected chi connectivity index (χ3v) is 3.04. The molecule has 4 heteroatoms. The van der Waals surface area contributed by atoms with Gasteiger partial charge in [-0.3, -0.25) is 9.80 Å². The van der Waals surface area contributed by atoms with Crippen molar-refractivity contribution in [3.8, 4) is 0 Å². The van der Waals surface area contributed by atoms with E-state index in [0.717, 1.165) is 19.4 Å². The molecule has 4 nitrogen and oxygen atoms in total. The number of hydrazine groups is 1. The number of aliphatic hydroxyl groups excluding tert-OH is 1. The van der Waals surface area contributed by atoms with Crippen LogP contribution in [0.15, 0.2) is 0 Å². The van der Waals surface area contributed by atoms with Crippen LogP contribution in [0.1, 0.15) is 32.6 Å². The lowest BCUT2D eigenvalue weighted by atomic mass is 9.92. The molecule has 0 aromatic carbocycles. The van der Waals surface area contributed by atoms with Crippen LogP contribution < -0.4 is 0 Å². The molecule has 2 aliphatic rings. The molecule has 0 aromatic heterocycles. The summed E-state index contributed by atoms with van der Waals surface area (Å²) in [6, 6.07) is 0.420. The van der Waals surface area contributed by atoms with Crippen LogP contribution in [0.25, 0.3) is 0 Å². The molecule has 0 radical (unpaired) electrons. The van der Waals surface area contributed by atoms with Crippen molar-refractivity contribution >= 4 is 5.91 Å². The minimum atomic E-state index is -0.358. The molecule has 0 spiro atoms. The highest BCUT2D eigenvalue weighted by Gasteiger charge is 2.37. The van der Waals surface area contributed by atoms with E-state index in [4.69, 9.17) is 0 Å². The fourth-order valence-electron chi connectivity index (χ4n) is 2.15. The van der Waals surface area contributed by atoms with Crippen molar-refractivity contribution in [2.24, 2.45) is 0 Å². The monoisotopic (exact) mass is 198 g/mol. The molecule has 1 unspecified atom stereocenters. The molecular formula is C10H18N2O2. The Morgan fingerprint density at radius 3 is 2.79 bits per heavy atom. The highest BCUT2D eigenvalue weighted by atomic mass is 16.3. The molecule has 1 saturated carbocycles. The van der Waals surface area contributed by atoms with Crippen molar-refractivity contribution in [3.05, 3.63) is 0 Å². The Hall–Kier alpha value is -0.610. The van der Waals surface area contributed by atoms with Gasteiger partial charge in [-0.25, -0.2) is 5.01 Å². The second-order valence-electron chi connectivity index (χ2n) is 4.33. The second-order valence-corrected chi connectivity index (χ2v) is 4.33. The van der Waals surface area contributed by atoms with Crippen LogP contribution in [0.3, 0.4) is 0 Å². The molecule has 1 heterocycles. The maximum absolute atomic E-state index is 11.6. The summed E-state index contributed by atoms with van der Waals surface area (Å²) >= 11 is 0. The van der Waals surface area contributed by atoms with E-state index in [2.05, 4.69) is 0 Å². The van der Waals surface area contributed by atoms with E-state index in [1.165, 1.54) is 6.42 Å². The molecule has 1 amide bonds. The van der Waals surface area contributed by atoms with Gasteiger partial charge in [-0.1, -0.05) is 0 Å². The molecule has 2 rings (SSSR count). The summed E-state index contributed by atoms with van der Waals surface area (Å²) in [5.41, 5.74) is 0. The van der Waals surface area contributed by atoms with Crippen molar-refractivity contribution in [1.82, 2.24) is 10.0 Å². The summed E-state index contributed by atoms with van der Waals surface area (Å²) in [7, 11) is 0. The number of aliphatic hydroxyl groups is 1.